The lowest BCUT2D eigenvalue weighted by Crippen LogP contribution is -2.47. The van der Waals surface area contributed by atoms with E-state index in [1.165, 1.54) is 10.5 Å². The minimum absolute atomic E-state index is 0. The smallest absolute Gasteiger partial charge is 0.243 e. The number of amides is 1. The van der Waals surface area contributed by atoms with Gasteiger partial charge in [0.05, 0.1) is 0 Å². The topological polar surface area (TPSA) is 32.3 Å². The molecule has 1 N–H and O–H groups in total. The van der Waals surface area contributed by atoms with Crippen LogP contribution < -0.4 is 5.32 Å². The first-order valence-corrected chi connectivity index (χ1v) is 8.52. The van der Waals surface area contributed by atoms with Gasteiger partial charge in [0.15, 0.2) is 0 Å². The number of halogens is 1. The van der Waals surface area contributed by atoms with Gasteiger partial charge in [0.1, 0.15) is 6.04 Å². The largest absolute Gasteiger partial charge is 0.341 e. The summed E-state index contributed by atoms with van der Waals surface area (Å²) in [5.41, 5.74) is 1.31. The van der Waals surface area contributed by atoms with Crippen LogP contribution >= 0.6 is 24.2 Å². The van der Waals surface area contributed by atoms with Crippen LogP contribution in [0, 0.1) is 6.92 Å². The molecule has 22 heavy (non-hydrogen) atoms. The summed E-state index contributed by atoms with van der Waals surface area (Å²) in [5, 5.41) is 3.83. The molecule has 1 fully saturated rings. The number of thioether (sulfide) groups is 1. The van der Waals surface area contributed by atoms with Gasteiger partial charge in [-0.05, 0) is 31.9 Å². The van der Waals surface area contributed by atoms with Crippen molar-refractivity contribution < 1.29 is 4.79 Å². The van der Waals surface area contributed by atoms with E-state index in [2.05, 4.69) is 36.5 Å². The molecule has 1 unspecified atom stereocenters. The summed E-state index contributed by atoms with van der Waals surface area (Å²) < 4.78 is 0. The van der Waals surface area contributed by atoms with Crippen LogP contribution in [0.25, 0.3) is 0 Å². The van der Waals surface area contributed by atoms with Crippen LogP contribution in [-0.4, -0.2) is 41.7 Å². The Bertz CT molecular complexity index is 541. The summed E-state index contributed by atoms with van der Waals surface area (Å²) in [6.45, 7) is 4.71. The van der Waals surface area contributed by atoms with Crippen LogP contribution in [0.3, 0.4) is 0 Å². The summed E-state index contributed by atoms with van der Waals surface area (Å²) in [6, 6.07) is 8.59. The number of likely N-dealkylation sites (tertiary alicyclic amines) is 1. The predicted molar refractivity (Wildman–Crippen MR) is 94.8 cm³/mol. The number of aryl methyl sites for hydroxylation is 1. The van der Waals surface area contributed by atoms with Crippen molar-refractivity contribution in [3.8, 4) is 0 Å². The average Bonchev–Trinajstić information content (AvgIpc) is 3.01. The maximum atomic E-state index is 12.3. The molecule has 1 amide bonds. The van der Waals surface area contributed by atoms with Crippen molar-refractivity contribution in [2.75, 3.05) is 19.6 Å². The molecule has 0 radical (unpaired) electrons. The molecule has 0 spiro atoms. The second-order valence-electron chi connectivity index (χ2n) is 5.77. The van der Waals surface area contributed by atoms with E-state index in [9.17, 15) is 4.79 Å². The zero-order chi connectivity index (χ0) is 14.7. The molecule has 3 rings (SSSR count). The SMILES string of the molecule is Cc1cccc(SC2CCN(C(=O)C3C=CCN3)CC2)c1.Cl. The van der Waals surface area contributed by atoms with E-state index in [4.69, 9.17) is 0 Å². The van der Waals surface area contributed by atoms with Crippen molar-refractivity contribution in [3.63, 3.8) is 0 Å². The number of carbonyl (C=O) groups is 1. The first-order chi connectivity index (χ1) is 10.2. The molecule has 5 heteroatoms. The number of carbonyl (C=O) groups excluding carboxylic acids is 1. The molecule has 120 valence electrons. The van der Waals surface area contributed by atoms with Crippen LogP contribution in [0.2, 0.25) is 0 Å². The highest BCUT2D eigenvalue weighted by atomic mass is 35.5. The minimum Gasteiger partial charge on any atom is -0.341 e. The second kappa shape index (κ2) is 8.04. The Morgan fingerprint density at radius 3 is 2.73 bits per heavy atom. The third-order valence-electron chi connectivity index (χ3n) is 4.10. The zero-order valence-electron chi connectivity index (χ0n) is 12.8. The molecule has 1 aromatic carbocycles. The van der Waals surface area contributed by atoms with Crippen molar-refractivity contribution in [1.29, 1.82) is 0 Å². The number of hydrogen-bond acceptors (Lipinski definition) is 3. The third kappa shape index (κ3) is 4.28. The Labute approximate surface area is 142 Å². The van der Waals surface area contributed by atoms with Gasteiger partial charge < -0.3 is 4.90 Å². The molecule has 1 aromatic rings. The Kier molecular flexibility index (Phi) is 6.36. The predicted octanol–water partition coefficient (Wildman–Crippen LogP) is 3.03. The quantitative estimate of drug-likeness (QED) is 0.860. The van der Waals surface area contributed by atoms with Crippen molar-refractivity contribution in [2.45, 2.75) is 36.0 Å². The molecule has 3 nitrogen and oxygen atoms in total. The molecule has 2 aliphatic heterocycles. The molecule has 0 saturated carbocycles. The lowest BCUT2D eigenvalue weighted by atomic mass is 10.1. The zero-order valence-corrected chi connectivity index (χ0v) is 14.5. The number of nitrogens with one attached hydrogen (secondary N) is 1. The number of benzene rings is 1. The highest BCUT2D eigenvalue weighted by molar-refractivity contribution is 8.00. The Morgan fingerprint density at radius 2 is 2.09 bits per heavy atom. The maximum Gasteiger partial charge on any atom is 0.243 e. The fourth-order valence-corrected chi connectivity index (χ4v) is 4.15. The number of piperidine rings is 1. The Morgan fingerprint density at radius 1 is 1.32 bits per heavy atom. The summed E-state index contributed by atoms with van der Waals surface area (Å²) in [4.78, 5) is 15.7. The van der Waals surface area contributed by atoms with E-state index in [-0.39, 0.29) is 24.4 Å². The molecule has 2 aliphatic rings. The first-order valence-electron chi connectivity index (χ1n) is 7.64. The Hall–Kier alpha value is -0.970. The minimum atomic E-state index is -0.0917. The van der Waals surface area contributed by atoms with Gasteiger partial charge in [-0.1, -0.05) is 29.8 Å². The van der Waals surface area contributed by atoms with Crippen molar-refractivity contribution >= 4 is 30.1 Å². The molecule has 0 aliphatic carbocycles. The van der Waals surface area contributed by atoms with E-state index in [0.717, 1.165) is 32.5 Å². The van der Waals surface area contributed by atoms with Gasteiger partial charge in [0, 0.05) is 29.8 Å². The van der Waals surface area contributed by atoms with Crippen LogP contribution in [-0.2, 0) is 4.79 Å². The number of nitrogens with zero attached hydrogens (tertiary/aromatic N) is 1. The summed E-state index contributed by atoms with van der Waals surface area (Å²) in [6.07, 6.45) is 6.18. The summed E-state index contributed by atoms with van der Waals surface area (Å²) in [7, 11) is 0. The van der Waals surface area contributed by atoms with Gasteiger partial charge in [-0.25, -0.2) is 0 Å². The lowest BCUT2D eigenvalue weighted by Gasteiger charge is -2.33. The van der Waals surface area contributed by atoms with E-state index in [0.29, 0.717) is 5.25 Å². The van der Waals surface area contributed by atoms with Gasteiger partial charge >= 0.3 is 0 Å². The number of hydrogen-bond donors (Lipinski definition) is 1. The molecule has 0 bridgehead atoms. The van der Waals surface area contributed by atoms with Gasteiger partial charge in [-0.15, -0.1) is 24.2 Å². The van der Waals surface area contributed by atoms with Crippen molar-refractivity contribution in [3.05, 3.63) is 42.0 Å². The van der Waals surface area contributed by atoms with E-state index in [1.54, 1.807) is 0 Å². The summed E-state index contributed by atoms with van der Waals surface area (Å²) in [5.74, 6) is 0.239. The molecular formula is C17H23ClN2OS. The van der Waals surface area contributed by atoms with Gasteiger partial charge in [-0.2, -0.15) is 0 Å². The van der Waals surface area contributed by atoms with Crippen LogP contribution in [0.1, 0.15) is 18.4 Å². The van der Waals surface area contributed by atoms with Crippen LogP contribution in [0.5, 0.6) is 0 Å². The van der Waals surface area contributed by atoms with E-state index in [1.807, 2.05) is 28.8 Å². The van der Waals surface area contributed by atoms with Crippen LogP contribution in [0.4, 0.5) is 0 Å². The van der Waals surface area contributed by atoms with E-state index < -0.39 is 0 Å². The molecule has 0 aromatic heterocycles. The fraction of sp³-hybridized carbons (Fsp3) is 0.471. The molecule has 1 atom stereocenters. The molecule has 1 saturated heterocycles. The van der Waals surface area contributed by atoms with Gasteiger partial charge in [0.25, 0.3) is 0 Å². The highest BCUT2D eigenvalue weighted by Gasteiger charge is 2.28. The normalized spacial score (nSPS) is 21.7. The molecule has 2 heterocycles. The third-order valence-corrected chi connectivity index (χ3v) is 5.43. The van der Waals surface area contributed by atoms with E-state index >= 15 is 0 Å². The monoisotopic (exact) mass is 338 g/mol. The summed E-state index contributed by atoms with van der Waals surface area (Å²) >= 11 is 1.96. The molecular weight excluding hydrogens is 316 g/mol. The standard InChI is InChI=1S/C17H22N2OS.ClH/c1-13-4-2-5-15(12-13)21-14-7-10-19(11-8-14)17(20)16-6-3-9-18-16;/h2-6,12,14,16,18H,7-11H2,1H3;1H. The highest BCUT2D eigenvalue weighted by Crippen LogP contribution is 2.30. The van der Waals surface area contributed by atoms with Gasteiger partial charge in [-0.3, -0.25) is 10.1 Å². The maximum absolute atomic E-state index is 12.3. The van der Waals surface area contributed by atoms with Crippen molar-refractivity contribution in [2.24, 2.45) is 0 Å². The average molecular weight is 339 g/mol. The first kappa shape index (κ1) is 17.4. The Balaban J connectivity index is 0.00000176. The van der Waals surface area contributed by atoms with Crippen molar-refractivity contribution in [1.82, 2.24) is 10.2 Å². The lowest BCUT2D eigenvalue weighted by molar-refractivity contribution is -0.132. The second-order valence-corrected chi connectivity index (χ2v) is 7.15. The van der Waals surface area contributed by atoms with Gasteiger partial charge in [0.2, 0.25) is 5.91 Å². The fourth-order valence-electron chi connectivity index (χ4n) is 2.91. The van der Waals surface area contributed by atoms with Crippen LogP contribution in [0.15, 0.2) is 41.3 Å². The number of rotatable bonds is 3.